The first-order valence-corrected chi connectivity index (χ1v) is 1.62. The lowest BCUT2D eigenvalue weighted by Crippen LogP contribution is -1.92. The maximum atomic E-state index is 9.98. The number of carbonyl (C=O) groups is 1. The van der Waals surface area contributed by atoms with Gasteiger partial charge in [0.15, 0.2) is 6.61 Å². The SMILES string of the molecule is O=C1[C]=COC1. The Bertz CT molecular complexity index is 93.7. The van der Waals surface area contributed by atoms with Crippen molar-refractivity contribution in [3.8, 4) is 0 Å². The van der Waals surface area contributed by atoms with Crippen LogP contribution in [0.2, 0.25) is 0 Å². The predicted octanol–water partition coefficient (Wildman–Crippen LogP) is -0.0974. The van der Waals surface area contributed by atoms with Gasteiger partial charge in [-0.05, 0) is 0 Å². The van der Waals surface area contributed by atoms with Gasteiger partial charge in [0.2, 0.25) is 5.78 Å². The Morgan fingerprint density at radius 3 is 3.00 bits per heavy atom. The third kappa shape index (κ3) is 0.407. The van der Waals surface area contributed by atoms with Crippen LogP contribution in [0.15, 0.2) is 6.26 Å². The third-order valence-corrected chi connectivity index (χ3v) is 0.518. The zero-order valence-corrected chi connectivity index (χ0v) is 3.10. The average Bonchev–Trinajstić information content (AvgIpc) is 1.86. The summed E-state index contributed by atoms with van der Waals surface area (Å²) in [6, 6.07) is 0. The van der Waals surface area contributed by atoms with Gasteiger partial charge in [-0.3, -0.25) is 4.79 Å². The summed E-state index contributed by atoms with van der Waals surface area (Å²) in [4.78, 5) is 9.98. The number of hydrogen-bond acceptors (Lipinski definition) is 2. The fourth-order valence-electron chi connectivity index (χ4n) is 0.266. The summed E-state index contributed by atoms with van der Waals surface area (Å²) in [6.45, 7) is 0.181. The summed E-state index contributed by atoms with van der Waals surface area (Å²) >= 11 is 0. The van der Waals surface area contributed by atoms with Gasteiger partial charge in [-0.15, -0.1) is 0 Å². The molecule has 0 spiro atoms. The van der Waals surface area contributed by atoms with Crippen molar-refractivity contribution >= 4 is 5.78 Å². The predicted molar refractivity (Wildman–Crippen MR) is 18.8 cm³/mol. The normalized spacial score (nSPS) is 18.3. The van der Waals surface area contributed by atoms with E-state index in [-0.39, 0.29) is 12.4 Å². The molecule has 0 N–H and O–H groups in total. The van der Waals surface area contributed by atoms with E-state index >= 15 is 0 Å². The summed E-state index contributed by atoms with van der Waals surface area (Å²) in [5.41, 5.74) is 0. The van der Waals surface area contributed by atoms with E-state index in [0.29, 0.717) is 0 Å². The maximum absolute atomic E-state index is 9.98. The van der Waals surface area contributed by atoms with Gasteiger partial charge in [0, 0.05) is 0 Å². The minimum Gasteiger partial charge on any atom is -0.492 e. The molecular weight excluding hydrogens is 80.0 g/mol. The number of hydrogen-bond donors (Lipinski definition) is 0. The molecule has 1 aliphatic heterocycles. The van der Waals surface area contributed by atoms with Gasteiger partial charge in [0.05, 0.1) is 12.3 Å². The fraction of sp³-hybridized carbons (Fsp3) is 0.250. The summed E-state index contributed by atoms with van der Waals surface area (Å²) in [5.74, 6) is -0.0741. The molecule has 0 aromatic heterocycles. The molecule has 31 valence electrons. The van der Waals surface area contributed by atoms with Crippen LogP contribution in [0.5, 0.6) is 0 Å². The number of ketones is 1. The van der Waals surface area contributed by atoms with Crippen LogP contribution in [0.3, 0.4) is 0 Å². The molecule has 2 heteroatoms. The largest absolute Gasteiger partial charge is 0.492 e. The molecule has 6 heavy (non-hydrogen) atoms. The van der Waals surface area contributed by atoms with Crippen LogP contribution in [0.25, 0.3) is 0 Å². The average molecular weight is 83.1 g/mol. The first kappa shape index (κ1) is 3.40. The van der Waals surface area contributed by atoms with E-state index in [1.807, 2.05) is 0 Å². The molecule has 0 unspecified atom stereocenters. The smallest absolute Gasteiger partial charge is 0.204 e. The second-order valence-corrected chi connectivity index (χ2v) is 0.996. The van der Waals surface area contributed by atoms with Crippen molar-refractivity contribution in [1.29, 1.82) is 0 Å². The number of carbonyl (C=O) groups excluding carboxylic acids is 1. The van der Waals surface area contributed by atoms with Crippen molar-refractivity contribution < 1.29 is 9.53 Å². The minimum atomic E-state index is -0.0741. The maximum Gasteiger partial charge on any atom is 0.204 e. The van der Waals surface area contributed by atoms with Crippen molar-refractivity contribution in [3.63, 3.8) is 0 Å². The number of rotatable bonds is 0. The highest BCUT2D eigenvalue weighted by molar-refractivity contribution is 5.88. The Labute approximate surface area is 35.4 Å². The van der Waals surface area contributed by atoms with Crippen molar-refractivity contribution in [2.45, 2.75) is 0 Å². The molecule has 1 heterocycles. The summed E-state index contributed by atoms with van der Waals surface area (Å²) < 4.78 is 4.47. The molecule has 0 amide bonds. The van der Waals surface area contributed by atoms with Crippen LogP contribution < -0.4 is 0 Å². The van der Waals surface area contributed by atoms with E-state index < -0.39 is 0 Å². The van der Waals surface area contributed by atoms with Gasteiger partial charge in [0.25, 0.3) is 0 Å². The molecule has 0 bridgehead atoms. The van der Waals surface area contributed by atoms with E-state index in [4.69, 9.17) is 0 Å². The van der Waals surface area contributed by atoms with Crippen LogP contribution in [0.1, 0.15) is 0 Å². The second-order valence-electron chi connectivity index (χ2n) is 0.996. The van der Waals surface area contributed by atoms with Crippen molar-refractivity contribution in [3.05, 3.63) is 12.3 Å². The van der Waals surface area contributed by atoms with Gasteiger partial charge in [-0.2, -0.15) is 0 Å². The van der Waals surface area contributed by atoms with E-state index in [1.54, 1.807) is 0 Å². The third-order valence-electron chi connectivity index (χ3n) is 0.518. The van der Waals surface area contributed by atoms with E-state index in [2.05, 4.69) is 10.8 Å². The standard InChI is InChI=1S/C4H3O2/c5-4-1-2-6-3-4/h2H,3H2. The van der Waals surface area contributed by atoms with E-state index in [0.717, 1.165) is 0 Å². The monoisotopic (exact) mass is 83.0 g/mol. The Hall–Kier alpha value is -0.790. The fourth-order valence-corrected chi connectivity index (χ4v) is 0.266. The first-order chi connectivity index (χ1) is 2.89. The quantitative estimate of drug-likeness (QED) is 0.409. The van der Waals surface area contributed by atoms with Crippen LogP contribution in [-0.4, -0.2) is 12.4 Å². The van der Waals surface area contributed by atoms with Crippen LogP contribution >= 0.6 is 0 Å². The van der Waals surface area contributed by atoms with Crippen molar-refractivity contribution in [1.82, 2.24) is 0 Å². The van der Waals surface area contributed by atoms with Crippen LogP contribution in [-0.2, 0) is 9.53 Å². The Morgan fingerprint density at radius 2 is 2.83 bits per heavy atom. The molecular formula is C4H3O2. The van der Waals surface area contributed by atoms with E-state index in [1.165, 1.54) is 6.26 Å². The van der Waals surface area contributed by atoms with Gasteiger partial charge in [-0.1, -0.05) is 0 Å². The minimum absolute atomic E-state index is 0.0741. The zero-order valence-electron chi connectivity index (χ0n) is 3.10. The molecule has 1 aliphatic rings. The summed E-state index contributed by atoms with van der Waals surface area (Å²) in [6.07, 6.45) is 3.61. The summed E-state index contributed by atoms with van der Waals surface area (Å²) in [7, 11) is 0. The highest BCUT2D eigenvalue weighted by Gasteiger charge is 2.00. The zero-order chi connectivity index (χ0) is 4.41. The number of ether oxygens (including phenoxy) is 1. The Kier molecular flexibility index (Phi) is 0.638. The lowest BCUT2D eigenvalue weighted by molar-refractivity contribution is -0.116. The van der Waals surface area contributed by atoms with Gasteiger partial charge < -0.3 is 4.74 Å². The molecule has 1 radical (unpaired) electrons. The molecule has 0 aromatic carbocycles. The van der Waals surface area contributed by atoms with Crippen molar-refractivity contribution in [2.24, 2.45) is 0 Å². The van der Waals surface area contributed by atoms with Gasteiger partial charge >= 0.3 is 0 Å². The highest BCUT2D eigenvalue weighted by Crippen LogP contribution is 1.87. The lowest BCUT2D eigenvalue weighted by Gasteiger charge is -1.78. The van der Waals surface area contributed by atoms with Crippen LogP contribution in [0, 0.1) is 6.08 Å². The lowest BCUT2D eigenvalue weighted by atomic mass is 10.5. The molecule has 0 saturated heterocycles. The highest BCUT2D eigenvalue weighted by atomic mass is 16.5. The first-order valence-electron chi connectivity index (χ1n) is 1.62. The van der Waals surface area contributed by atoms with Gasteiger partial charge in [0.1, 0.15) is 0 Å². The Morgan fingerprint density at radius 1 is 2.00 bits per heavy atom. The molecule has 0 aromatic rings. The molecule has 0 fully saturated rings. The molecule has 0 saturated carbocycles. The summed E-state index contributed by atoms with van der Waals surface area (Å²) in [5, 5.41) is 0. The number of Topliss-reactive ketones (excluding diaryl/α,β-unsaturated/α-hetero) is 1. The molecule has 0 atom stereocenters. The second kappa shape index (κ2) is 1.12. The van der Waals surface area contributed by atoms with Crippen molar-refractivity contribution in [2.75, 3.05) is 6.61 Å². The molecule has 0 aliphatic carbocycles. The van der Waals surface area contributed by atoms with E-state index in [9.17, 15) is 4.79 Å². The topological polar surface area (TPSA) is 26.3 Å². The van der Waals surface area contributed by atoms with Gasteiger partial charge in [-0.25, -0.2) is 0 Å². The molecule has 1 rings (SSSR count). The Balaban J connectivity index is 2.59. The molecule has 2 nitrogen and oxygen atoms in total. The van der Waals surface area contributed by atoms with Crippen LogP contribution in [0.4, 0.5) is 0 Å².